The highest BCUT2D eigenvalue weighted by molar-refractivity contribution is 5.97. The lowest BCUT2D eigenvalue weighted by Gasteiger charge is -2.30. The van der Waals surface area contributed by atoms with Gasteiger partial charge in [-0.2, -0.15) is 0 Å². The van der Waals surface area contributed by atoms with Gasteiger partial charge in [-0.1, -0.05) is 30.3 Å². The summed E-state index contributed by atoms with van der Waals surface area (Å²) >= 11 is 0. The molecular formula is C21H24FN3O2. The molecule has 5 nitrogen and oxygen atoms in total. The maximum atomic E-state index is 14.6. The third kappa shape index (κ3) is 4.64. The summed E-state index contributed by atoms with van der Waals surface area (Å²) in [5, 5.41) is 5.31. The fourth-order valence-electron chi connectivity index (χ4n) is 3.10. The fourth-order valence-corrected chi connectivity index (χ4v) is 3.10. The van der Waals surface area contributed by atoms with Crippen LogP contribution in [0.4, 0.5) is 20.6 Å². The number of hydrogen-bond acceptors (Lipinski definition) is 2. The van der Waals surface area contributed by atoms with Gasteiger partial charge in [0.05, 0.1) is 17.9 Å². The average Bonchev–Trinajstić information content (AvgIpc) is 2.58. The van der Waals surface area contributed by atoms with Crippen molar-refractivity contribution >= 4 is 23.3 Å². The molecule has 0 spiro atoms. The number of benzene rings is 2. The smallest absolute Gasteiger partial charge is 0.319 e. The van der Waals surface area contributed by atoms with Crippen molar-refractivity contribution < 1.29 is 14.0 Å². The van der Waals surface area contributed by atoms with Gasteiger partial charge in [-0.25, -0.2) is 9.18 Å². The molecule has 1 heterocycles. The highest BCUT2D eigenvalue weighted by Gasteiger charge is 2.26. The molecule has 142 valence electrons. The lowest BCUT2D eigenvalue weighted by atomic mass is 9.99. The van der Waals surface area contributed by atoms with Crippen LogP contribution in [0.15, 0.2) is 42.5 Å². The van der Waals surface area contributed by atoms with Crippen LogP contribution in [0.3, 0.4) is 0 Å². The fraction of sp³-hybridized carbons (Fsp3) is 0.333. The molecule has 0 bridgehead atoms. The maximum absolute atomic E-state index is 14.6. The van der Waals surface area contributed by atoms with E-state index in [1.165, 1.54) is 6.07 Å². The van der Waals surface area contributed by atoms with Crippen LogP contribution in [0.1, 0.15) is 38.3 Å². The summed E-state index contributed by atoms with van der Waals surface area (Å²) < 4.78 is 14.6. The molecule has 2 N–H and O–H groups in total. The monoisotopic (exact) mass is 369 g/mol. The van der Waals surface area contributed by atoms with Crippen LogP contribution in [0, 0.1) is 5.82 Å². The highest BCUT2D eigenvalue weighted by atomic mass is 19.1. The van der Waals surface area contributed by atoms with Crippen LogP contribution in [-0.2, 0) is 17.8 Å². The topological polar surface area (TPSA) is 61.4 Å². The molecule has 27 heavy (non-hydrogen) atoms. The highest BCUT2D eigenvalue weighted by Crippen LogP contribution is 2.33. The minimum atomic E-state index is -0.564. The van der Waals surface area contributed by atoms with Crippen LogP contribution in [-0.4, -0.2) is 17.5 Å². The van der Waals surface area contributed by atoms with Crippen molar-refractivity contribution in [1.82, 2.24) is 5.32 Å². The zero-order valence-corrected chi connectivity index (χ0v) is 15.8. The molecule has 1 aliphatic rings. The second-order valence-electron chi connectivity index (χ2n) is 7.76. The first-order valence-corrected chi connectivity index (χ1v) is 8.99. The lowest BCUT2D eigenvalue weighted by molar-refractivity contribution is -0.119. The van der Waals surface area contributed by atoms with E-state index in [9.17, 15) is 14.0 Å². The number of aryl methyl sites for hydroxylation is 1. The van der Waals surface area contributed by atoms with Gasteiger partial charge in [0.25, 0.3) is 0 Å². The summed E-state index contributed by atoms with van der Waals surface area (Å²) in [6.45, 7) is 5.94. The molecule has 0 aromatic heterocycles. The molecule has 0 saturated heterocycles. The van der Waals surface area contributed by atoms with Gasteiger partial charge < -0.3 is 15.5 Å². The maximum Gasteiger partial charge on any atom is 0.319 e. The van der Waals surface area contributed by atoms with E-state index >= 15 is 0 Å². The molecule has 0 aliphatic carbocycles. The minimum Gasteiger partial charge on any atom is -0.333 e. The molecule has 3 amide bonds. The van der Waals surface area contributed by atoms with Gasteiger partial charge in [0, 0.05) is 18.0 Å². The number of carbonyl (C=O) groups excluding carboxylic acids is 2. The Balaban J connectivity index is 1.86. The molecule has 0 atom stereocenters. The third-order valence-electron chi connectivity index (χ3n) is 4.29. The molecule has 0 saturated carbocycles. The SMILES string of the molecule is CC(C)(C)NC(=O)Nc1cc2c(cc1F)N(Cc1ccccc1)C(=O)CC2. The molecule has 2 aromatic carbocycles. The van der Waals surface area contributed by atoms with E-state index in [-0.39, 0.29) is 11.6 Å². The largest absolute Gasteiger partial charge is 0.333 e. The predicted octanol–water partition coefficient (Wildman–Crippen LogP) is 4.23. The molecule has 0 fully saturated rings. The standard InChI is InChI=1S/C21H24FN3O2/c1-21(2,3)24-20(27)23-17-11-15-9-10-19(26)25(18(15)12-16(17)22)13-14-7-5-4-6-8-14/h4-8,11-12H,9-10,13H2,1-3H3,(H2,23,24,27). The van der Waals surface area contributed by atoms with Crippen LogP contribution < -0.4 is 15.5 Å². The minimum absolute atomic E-state index is 0.0306. The van der Waals surface area contributed by atoms with Crippen molar-refractivity contribution in [3.05, 3.63) is 59.4 Å². The number of fused-ring (bicyclic) bond motifs is 1. The number of halogens is 1. The Bertz CT molecular complexity index is 860. The summed E-state index contributed by atoms with van der Waals surface area (Å²) in [5.41, 5.74) is 2.08. The summed E-state index contributed by atoms with van der Waals surface area (Å²) in [4.78, 5) is 26.1. The number of rotatable bonds is 3. The quantitative estimate of drug-likeness (QED) is 0.851. The zero-order valence-electron chi connectivity index (χ0n) is 15.8. The summed E-state index contributed by atoms with van der Waals surface area (Å²) in [6, 6.07) is 12.1. The van der Waals surface area contributed by atoms with E-state index in [0.29, 0.717) is 25.1 Å². The molecule has 3 rings (SSSR count). The van der Waals surface area contributed by atoms with Crippen LogP contribution in [0.25, 0.3) is 0 Å². The second kappa shape index (κ2) is 7.39. The first kappa shape index (κ1) is 18.9. The molecule has 1 aliphatic heterocycles. The van der Waals surface area contributed by atoms with Gasteiger partial charge in [-0.3, -0.25) is 4.79 Å². The number of carbonyl (C=O) groups is 2. The summed E-state index contributed by atoms with van der Waals surface area (Å²) in [7, 11) is 0. The van der Waals surface area contributed by atoms with Gasteiger partial charge in [0.2, 0.25) is 5.91 Å². The lowest BCUT2D eigenvalue weighted by Crippen LogP contribution is -2.43. The van der Waals surface area contributed by atoms with Gasteiger partial charge in [-0.05, 0) is 44.4 Å². The van der Waals surface area contributed by atoms with Crippen molar-refractivity contribution in [3.8, 4) is 0 Å². The van der Waals surface area contributed by atoms with Crippen molar-refractivity contribution in [2.75, 3.05) is 10.2 Å². The third-order valence-corrected chi connectivity index (χ3v) is 4.29. The van der Waals surface area contributed by atoms with E-state index in [1.807, 2.05) is 51.1 Å². The first-order valence-electron chi connectivity index (χ1n) is 8.99. The Morgan fingerprint density at radius 2 is 1.85 bits per heavy atom. The number of nitrogens with zero attached hydrogens (tertiary/aromatic N) is 1. The molecule has 0 unspecified atom stereocenters. The van der Waals surface area contributed by atoms with Crippen molar-refractivity contribution in [1.29, 1.82) is 0 Å². The van der Waals surface area contributed by atoms with Crippen molar-refractivity contribution in [2.24, 2.45) is 0 Å². The molecule has 6 heteroatoms. The molecule has 2 aromatic rings. The van der Waals surface area contributed by atoms with Crippen LogP contribution in [0.5, 0.6) is 0 Å². The van der Waals surface area contributed by atoms with Crippen LogP contribution >= 0.6 is 0 Å². The molecule has 0 radical (unpaired) electrons. The number of nitrogens with one attached hydrogen (secondary N) is 2. The Labute approximate surface area is 158 Å². The van der Waals surface area contributed by atoms with Gasteiger partial charge in [0.1, 0.15) is 5.82 Å². The van der Waals surface area contributed by atoms with E-state index in [0.717, 1.165) is 11.1 Å². The normalized spacial score (nSPS) is 13.9. The summed E-state index contributed by atoms with van der Waals surface area (Å²) in [6.07, 6.45) is 0.883. The van der Waals surface area contributed by atoms with Crippen molar-refractivity contribution in [2.45, 2.75) is 45.7 Å². The van der Waals surface area contributed by atoms with E-state index < -0.39 is 17.4 Å². The van der Waals surface area contributed by atoms with Crippen LogP contribution in [0.2, 0.25) is 0 Å². The number of anilines is 2. The first-order chi connectivity index (χ1) is 12.7. The molecular weight excluding hydrogens is 345 g/mol. The number of amides is 3. The zero-order chi connectivity index (χ0) is 19.6. The second-order valence-corrected chi connectivity index (χ2v) is 7.76. The number of urea groups is 1. The van der Waals surface area contributed by atoms with Gasteiger partial charge >= 0.3 is 6.03 Å². The number of hydrogen-bond donors (Lipinski definition) is 2. The van der Waals surface area contributed by atoms with Gasteiger partial charge in [0.15, 0.2) is 0 Å². The van der Waals surface area contributed by atoms with E-state index in [4.69, 9.17) is 0 Å². The van der Waals surface area contributed by atoms with Crippen molar-refractivity contribution in [3.63, 3.8) is 0 Å². The van der Waals surface area contributed by atoms with E-state index in [1.54, 1.807) is 11.0 Å². The Hall–Kier alpha value is -2.89. The Morgan fingerprint density at radius 3 is 2.52 bits per heavy atom. The predicted molar refractivity (Wildman–Crippen MR) is 104 cm³/mol. The Morgan fingerprint density at radius 1 is 1.15 bits per heavy atom. The summed E-state index contributed by atoms with van der Waals surface area (Å²) in [5.74, 6) is -0.595. The Kier molecular flexibility index (Phi) is 5.17. The van der Waals surface area contributed by atoms with Gasteiger partial charge in [-0.15, -0.1) is 0 Å². The van der Waals surface area contributed by atoms with E-state index in [2.05, 4.69) is 10.6 Å². The average molecular weight is 369 g/mol.